The number of hydrogen-bond acceptors (Lipinski definition) is 3. The molecule has 1 aromatic carbocycles. The van der Waals surface area contributed by atoms with Crippen molar-refractivity contribution in [2.45, 2.75) is 68.8 Å². The molecule has 7 heteroatoms. The first-order valence-electron chi connectivity index (χ1n) is 9.95. The Morgan fingerprint density at radius 1 is 1.04 bits per heavy atom. The molecule has 0 unspecified atom stereocenters. The molecule has 5 rings (SSSR count). The summed E-state index contributed by atoms with van der Waals surface area (Å²) in [6, 6.07) is 7.09. The highest BCUT2D eigenvalue weighted by molar-refractivity contribution is 7.89. The Bertz CT molecular complexity index is 783. The lowest BCUT2D eigenvalue weighted by Gasteiger charge is -2.56. The molecule has 148 valence electrons. The van der Waals surface area contributed by atoms with Crippen LogP contribution in [0.15, 0.2) is 29.2 Å². The van der Waals surface area contributed by atoms with Gasteiger partial charge in [-0.05, 0) is 107 Å². The average Bonchev–Trinajstić information content (AvgIpc) is 2.52. The molecule has 4 saturated carbocycles. The Labute approximate surface area is 167 Å². The standard InChI is InChI=1S/C20H29N3O2S2/c1-13(2)21-19(26)22-17-3-5-18(6-4-17)27(24,25)23-20-10-14-7-15(11-20)9-16(8-14)12-20/h3-6,13-16,23H,7-12H2,1-2H3,(H2,21,22,26). The summed E-state index contributed by atoms with van der Waals surface area (Å²) in [5, 5.41) is 6.73. The molecular formula is C20H29N3O2S2. The molecular weight excluding hydrogens is 378 g/mol. The van der Waals surface area contributed by atoms with Gasteiger partial charge < -0.3 is 10.6 Å². The third kappa shape index (κ3) is 4.15. The number of rotatable bonds is 5. The van der Waals surface area contributed by atoms with Gasteiger partial charge in [0.25, 0.3) is 0 Å². The van der Waals surface area contributed by atoms with Crippen LogP contribution in [-0.2, 0) is 10.0 Å². The van der Waals surface area contributed by atoms with E-state index in [0.29, 0.717) is 27.8 Å². The maximum absolute atomic E-state index is 13.0. The van der Waals surface area contributed by atoms with E-state index in [0.717, 1.165) is 24.9 Å². The van der Waals surface area contributed by atoms with Crippen LogP contribution in [0.5, 0.6) is 0 Å². The lowest BCUT2D eigenvalue weighted by atomic mass is 9.53. The van der Waals surface area contributed by atoms with Crippen LogP contribution in [0, 0.1) is 17.8 Å². The van der Waals surface area contributed by atoms with Crippen LogP contribution in [0.2, 0.25) is 0 Å². The van der Waals surface area contributed by atoms with Crippen LogP contribution >= 0.6 is 12.2 Å². The Hall–Kier alpha value is -1.18. The van der Waals surface area contributed by atoms with Gasteiger partial charge in [0.15, 0.2) is 5.11 Å². The molecule has 0 atom stereocenters. The lowest BCUT2D eigenvalue weighted by Crippen LogP contribution is -2.59. The topological polar surface area (TPSA) is 70.2 Å². The van der Waals surface area contributed by atoms with Crippen molar-refractivity contribution in [1.29, 1.82) is 0 Å². The smallest absolute Gasteiger partial charge is 0.241 e. The van der Waals surface area contributed by atoms with Crippen molar-refractivity contribution in [2.24, 2.45) is 17.8 Å². The van der Waals surface area contributed by atoms with Crippen molar-refractivity contribution in [3.63, 3.8) is 0 Å². The van der Waals surface area contributed by atoms with Crippen molar-refractivity contribution >= 4 is 33.0 Å². The van der Waals surface area contributed by atoms with Crippen LogP contribution in [0.4, 0.5) is 5.69 Å². The van der Waals surface area contributed by atoms with E-state index in [-0.39, 0.29) is 11.6 Å². The predicted molar refractivity (Wildman–Crippen MR) is 112 cm³/mol. The van der Waals surface area contributed by atoms with Crippen LogP contribution in [0.3, 0.4) is 0 Å². The van der Waals surface area contributed by atoms with Gasteiger partial charge in [0.1, 0.15) is 0 Å². The molecule has 4 bridgehead atoms. The fraction of sp³-hybridized carbons (Fsp3) is 0.650. The third-order valence-corrected chi connectivity index (χ3v) is 8.05. The maximum Gasteiger partial charge on any atom is 0.241 e. The predicted octanol–water partition coefficient (Wildman–Crippen LogP) is 3.63. The summed E-state index contributed by atoms with van der Waals surface area (Å²) >= 11 is 5.24. The van der Waals surface area contributed by atoms with Gasteiger partial charge in [-0.25, -0.2) is 13.1 Å². The first-order valence-corrected chi connectivity index (χ1v) is 11.8. The highest BCUT2D eigenvalue weighted by Crippen LogP contribution is 2.55. The number of sulfonamides is 1. The van der Waals surface area contributed by atoms with Gasteiger partial charge in [-0.2, -0.15) is 0 Å². The molecule has 4 aliphatic rings. The van der Waals surface area contributed by atoms with Gasteiger partial charge in [-0.3, -0.25) is 0 Å². The number of benzene rings is 1. The van der Waals surface area contributed by atoms with E-state index in [1.807, 2.05) is 13.8 Å². The Morgan fingerprint density at radius 2 is 1.56 bits per heavy atom. The second-order valence-corrected chi connectivity index (χ2v) is 11.2. The first-order chi connectivity index (χ1) is 12.7. The van der Waals surface area contributed by atoms with Crippen molar-refractivity contribution in [3.8, 4) is 0 Å². The minimum Gasteiger partial charge on any atom is -0.360 e. The van der Waals surface area contributed by atoms with Gasteiger partial charge in [-0.1, -0.05) is 0 Å². The third-order valence-electron chi connectivity index (χ3n) is 6.23. The average molecular weight is 408 g/mol. The van der Waals surface area contributed by atoms with Crippen molar-refractivity contribution < 1.29 is 8.42 Å². The van der Waals surface area contributed by atoms with Gasteiger partial charge in [0.05, 0.1) is 4.90 Å². The summed E-state index contributed by atoms with van der Waals surface area (Å²) in [6.07, 6.45) is 6.91. The molecule has 1 aromatic rings. The van der Waals surface area contributed by atoms with Crippen LogP contribution < -0.4 is 15.4 Å². The highest BCUT2D eigenvalue weighted by Gasteiger charge is 2.52. The summed E-state index contributed by atoms with van der Waals surface area (Å²) < 4.78 is 29.2. The zero-order valence-corrected chi connectivity index (χ0v) is 17.6. The van der Waals surface area contributed by atoms with E-state index in [1.54, 1.807) is 24.3 Å². The van der Waals surface area contributed by atoms with Crippen LogP contribution in [0.25, 0.3) is 0 Å². The van der Waals surface area contributed by atoms with Crippen LogP contribution in [-0.4, -0.2) is 25.1 Å². The van der Waals surface area contributed by atoms with Crippen molar-refractivity contribution in [3.05, 3.63) is 24.3 Å². The zero-order chi connectivity index (χ0) is 19.2. The monoisotopic (exact) mass is 407 g/mol. The lowest BCUT2D eigenvalue weighted by molar-refractivity contribution is -0.00810. The van der Waals surface area contributed by atoms with Crippen molar-refractivity contribution in [2.75, 3.05) is 5.32 Å². The number of anilines is 1. The number of thiocarbonyl (C=S) groups is 1. The molecule has 27 heavy (non-hydrogen) atoms. The first kappa shape index (κ1) is 19.2. The molecule has 0 aliphatic heterocycles. The molecule has 0 amide bonds. The van der Waals surface area contributed by atoms with Gasteiger partial charge in [0, 0.05) is 17.3 Å². The summed E-state index contributed by atoms with van der Waals surface area (Å²) in [5.74, 6) is 2.12. The highest BCUT2D eigenvalue weighted by atomic mass is 32.2. The normalized spacial score (nSPS) is 31.9. The Kier molecular flexibility index (Phi) is 4.97. The van der Waals surface area contributed by atoms with E-state index in [9.17, 15) is 8.42 Å². The summed E-state index contributed by atoms with van der Waals surface area (Å²) in [4.78, 5) is 0.325. The number of nitrogens with one attached hydrogen (secondary N) is 3. The largest absolute Gasteiger partial charge is 0.360 e. The molecule has 0 spiro atoms. The Balaban J connectivity index is 1.45. The molecule has 0 heterocycles. The molecule has 4 fully saturated rings. The molecule has 0 aromatic heterocycles. The molecule has 3 N–H and O–H groups in total. The van der Waals surface area contributed by atoms with E-state index >= 15 is 0 Å². The van der Waals surface area contributed by atoms with Gasteiger partial charge in [0.2, 0.25) is 10.0 Å². The van der Waals surface area contributed by atoms with E-state index in [4.69, 9.17) is 12.2 Å². The van der Waals surface area contributed by atoms with Crippen LogP contribution in [0.1, 0.15) is 52.4 Å². The molecule has 0 saturated heterocycles. The summed E-state index contributed by atoms with van der Waals surface area (Å²) in [5.41, 5.74) is 0.565. The fourth-order valence-electron chi connectivity index (χ4n) is 5.73. The molecule has 5 nitrogen and oxygen atoms in total. The van der Waals surface area contributed by atoms with E-state index < -0.39 is 10.0 Å². The SMILES string of the molecule is CC(C)NC(=S)Nc1ccc(S(=O)(=O)NC23CC4CC(CC(C4)C2)C3)cc1. The van der Waals surface area contributed by atoms with Gasteiger partial charge >= 0.3 is 0 Å². The van der Waals surface area contributed by atoms with Crippen molar-refractivity contribution in [1.82, 2.24) is 10.0 Å². The quantitative estimate of drug-likeness (QED) is 0.650. The van der Waals surface area contributed by atoms with Gasteiger partial charge in [-0.15, -0.1) is 0 Å². The Morgan fingerprint density at radius 3 is 2.04 bits per heavy atom. The second kappa shape index (κ2) is 7.01. The molecule has 4 aliphatic carbocycles. The second-order valence-electron chi connectivity index (χ2n) is 9.08. The minimum absolute atomic E-state index is 0.215. The molecule has 0 radical (unpaired) electrons. The zero-order valence-electron chi connectivity index (χ0n) is 16.0. The van der Waals surface area contributed by atoms with E-state index in [2.05, 4.69) is 15.4 Å². The summed E-state index contributed by atoms with van der Waals surface area (Å²) in [7, 11) is -3.51. The maximum atomic E-state index is 13.0. The number of hydrogen-bond donors (Lipinski definition) is 3. The van der Waals surface area contributed by atoms with E-state index in [1.165, 1.54) is 19.3 Å². The fourth-order valence-corrected chi connectivity index (χ4v) is 7.51. The summed E-state index contributed by atoms with van der Waals surface area (Å²) in [6.45, 7) is 4.03. The minimum atomic E-state index is -3.51.